The van der Waals surface area contributed by atoms with Crippen molar-refractivity contribution < 1.29 is 14.7 Å². The van der Waals surface area contributed by atoms with Gasteiger partial charge in [-0.25, -0.2) is 0 Å². The van der Waals surface area contributed by atoms with Gasteiger partial charge in [-0.1, -0.05) is 0 Å². The summed E-state index contributed by atoms with van der Waals surface area (Å²) in [6.07, 6.45) is 0.559. The minimum Gasteiger partial charge on any atom is -0.481 e. The molecule has 1 aliphatic rings. The molecule has 0 aromatic rings. The fraction of sp³-hybridized carbons (Fsp3) is 0.750. The first kappa shape index (κ1) is 10.9. The Morgan fingerprint density at radius 2 is 2.29 bits per heavy atom. The van der Waals surface area contributed by atoms with Gasteiger partial charge >= 0.3 is 5.97 Å². The van der Waals surface area contributed by atoms with E-state index in [-0.39, 0.29) is 31.0 Å². The molecule has 6 heteroatoms. The molecule has 1 saturated heterocycles. The first-order chi connectivity index (χ1) is 6.59. The van der Waals surface area contributed by atoms with Gasteiger partial charge in [-0.05, 0) is 6.42 Å². The van der Waals surface area contributed by atoms with Crippen LogP contribution < -0.4 is 16.4 Å². The second kappa shape index (κ2) is 4.92. The van der Waals surface area contributed by atoms with Gasteiger partial charge in [-0.15, -0.1) is 0 Å². The maximum Gasteiger partial charge on any atom is 0.305 e. The van der Waals surface area contributed by atoms with Gasteiger partial charge in [0.2, 0.25) is 5.91 Å². The van der Waals surface area contributed by atoms with Gasteiger partial charge in [0.05, 0.1) is 12.5 Å². The zero-order chi connectivity index (χ0) is 10.6. The van der Waals surface area contributed by atoms with E-state index in [0.717, 1.165) is 0 Å². The number of nitrogens with two attached hydrogens (primary N) is 1. The molecule has 0 aliphatic carbocycles. The molecule has 1 rings (SSSR count). The molecule has 1 heterocycles. The van der Waals surface area contributed by atoms with Crippen LogP contribution in [0.4, 0.5) is 0 Å². The van der Waals surface area contributed by atoms with E-state index in [0.29, 0.717) is 13.0 Å². The van der Waals surface area contributed by atoms with Gasteiger partial charge in [0.1, 0.15) is 0 Å². The molecular weight excluding hydrogens is 186 g/mol. The first-order valence-corrected chi connectivity index (χ1v) is 4.58. The van der Waals surface area contributed by atoms with Crippen LogP contribution in [0.2, 0.25) is 0 Å². The molecular formula is C8H15N3O3. The molecule has 0 bridgehead atoms. The Labute approximate surface area is 81.8 Å². The van der Waals surface area contributed by atoms with Crippen molar-refractivity contribution in [1.82, 2.24) is 10.6 Å². The molecule has 1 aliphatic heterocycles. The van der Waals surface area contributed by atoms with E-state index in [9.17, 15) is 9.59 Å². The Morgan fingerprint density at radius 1 is 1.57 bits per heavy atom. The Morgan fingerprint density at radius 3 is 2.79 bits per heavy atom. The van der Waals surface area contributed by atoms with Crippen molar-refractivity contribution in [2.45, 2.75) is 24.9 Å². The van der Waals surface area contributed by atoms with Crippen molar-refractivity contribution in [2.24, 2.45) is 5.73 Å². The van der Waals surface area contributed by atoms with Crippen molar-refractivity contribution >= 4 is 11.9 Å². The molecule has 0 saturated carbocycles. The van der Waals surface area contributed by atoms with Crippen molar-refractivity contribution in [3.63, 3.8) is 0 Å². The highest BCUT2D eigenvalue weighted by Gasteiger charge is 2.26. The number of carboxylic acid groups (broad SMARTS) is 1. The number of carbonyl (C=O) groups is 2. The van der Waals surface area contributed by atoms with E-state index in [4.69, 9.17) is 10.8 Å². The zero-order valence-electron chi connectivity index (χ0n) is 7.82. The summed E-state index contributed by atoms with van der Waals surface area (Å²) in [4.78, 5) is 21.5. The lowest BCUT2D eigenvalue weighted by molar-refractivity contribution is -0.136. The molecule has 0 aromatic heterocycles. The highest BCUT2D eigenvalue weighted by Crippen LogP contribution is 2.03. The fourth-order valence-corrected chi connectivity index (χ4v) is 1.38. The number of hydrogen-bond donors (Lipinski definition) is 4. The standard InChI is InChI=1S/C8H15N3O3/c9-5-3-6(11-4-5)8(14)10-2-1-7(12)13/h5-6,11H,1-4,9H2,(H,10,14)(H,12,13). The molecule has 0 aromatic carbocycles. The monoisotopic (exact) mass is 201 g/mol. The van der Waals surface area contributed by atoms with Crippen molar-refractivity contribution in [1.29, 1.82) is 0 Å². The predicted molar refractivity (Wildman–Crippen MR) is 49.6 cm³/mol. The summed E-state index contributed by atoms with van der Waals surface area (Å²) < 4.78 is 0. The van der Waals surface area contributed by atoms with Crippen LogP contribution in [-0.2, 0) is 9.59 Å². The molecule has 80 valence electrons. The average Bonchev–Trinajstić information content (AvgIpc) is 2.51. The number of hydrogen-bond acceptors (Lipinski definition) is 4. The van der Waals surface area contributed by atoms with E-state index in [1.54, 1.807) is 0 Å². The van der Waals surface area contributed by atoms with E-state index in [2.05, 4.69) is 10.6 Å². The molecule has 1 amide bonds. The van der Waals surface area contributed by atoms with Gasteiger partial charge in [0.25, 0.3) is 0 Å². The molecule has 6 nitrogen and oxygen atoms in total. The molecule has 2 unspecified atom stereocenters. The highest BCUT2D eigenvalue weighted by molar-refractivity contribution is 5.82. The SMILES string of the molecule is NC1CNC(C(=O)NCCC(=O)O)C1. The molecule has 0 spiro atoms. The number of carbonyl (C=O) groups excluding carboxylic acids is 1. The van der Waals surface area contributed by atoms with Crippen LogP contribution in [0.15, 0.2) is 0 Å². The number of carboxylic acids is 1. The molecule has 14 heavy (non-hydrogen) atoms. The average molecular weight is 201 g/mol. The summed E-state index contributed by atoms with van der Waals surface area (Å²) in [5, 5.41) is 13.8. The Hall–Kier alpha value is -1.14. The molecule has 1 fully saturated rings. The topological polar surface area (TPSA) is 104 Å². The summed E-state index contributed by atoms with van der Waals surface area (Å²) in [7, 11) is 0. The lowest BCUT2D eigenvalue weighted by Crippen LogP contribution is -2.41. The second-order valence-electron chi connectivity index (χ2n) is 3.39. The van der Waals surface area contributed by atoms with E-state index < -0.39 is 5.97 Å². The smallest absolute Gasteiger partial charge is 0.305 e. The van der Waals surface area contributed by atoms with E-state index >= 15 is 0 Å². The Bertz CT molecular complexity index is 232. The number of nitrogens with one attached hydrogen (secondary N) is 2. The maximum atomic E-state index is 11.4. The highest BCUT2D eigenvalue weighted by atomic mass is 16.4. The van der Waals surface area contributed by atoms with Crippen LogP contribution >= 0.6 is 0 Å². The predicted octanol–water partition coefficient (Wildman–Crippen LogP) is -1.73. The quantitative estimate of drug-likeness (QED) is 0.432. The Balaban J connectivity index is 2.18. The lowest BCUT2D eigenvalue weighted by atomic mass is 10.2. The van der Waals surface area contributed by atoms with Gasteiger partial charge in [-0.2, -0.15) is 0 Å². The van der Waals surface area contributed by atoms with Gasteiger partial charge < -0.3 is 21.5 Å². The van der Waals surface area contributed by atoms with Gasteiger partial charge in [0.15, 0.2) is 0 Å². The minimum absolute atomic E-state index is 0.0187. The maximum absolute atomic E-state index is 11.4. The summed E-state index contributed by atoms with van der Waals surface area (Å²) in [6.45, 7) is 0.804. The molecule has 2 atom stereocenters. The normalized spacial score (nSPS) is 26.1. The first-order valence-electron chi connectivity index (χ1n) is 4.58. The third-order valence-corrected chi connectivity index (χ3v) is 2.12. The zero-order valence-corrected chi connectivity index (χ0v) is 7.82. The number of aliphatic carboxylic acids is 1. The van der Waals surface area contributed by atoms with Crippen molar-refractivity contribution in [2.75, 3.05) is 13.1 Å². The third-order valence-electron chi connectivity index (χ3n) is 2.12. The largest absolute Gasteiger partial charge is 0.481 e. The number of amides is 1. The van der Waals surface area contributed by atoms with E-state index in [1.807, 2.05) is 0 Å². The number of rotatable bonds is 4. The molecule has 5 N–H and O–H groups in total. The lowest BCUT2D eigenvalue weighted by Gasteiger charge is -2.09. The summed E-state index contributed by atoms with van der Waals surface area (Å²) in [6, 6.07) is -0.246. The van der Waals surface area contributed by atoms with Crippen LogP contribution in [0.5, 0.6) is 0 Å². The molecule has 0 radical (unpaired) electrons. The van der Waals surface area contributed by atoms with Crippen LogP contribution in [0, 0.1) is 0 Å². The van der Waals surface area contributed by atoms with Gasteiger partial charge in [0, 0.05) is 19.1 Å². The summed E-state index contributed by atoms with van der Waals surface area (Å²) in [5.74, 6) is -1.08. The van der Waals surface area contributed by atoms with Crippen molar-refractivity contribution in [3.8, 4) is 0 Å². The van der Waals surface area contributed by atoms with Crippen molar-refractivity contribution in [3.05, 3.63) is 0 Å². The summed E-state index contributed by atoms with van der Waals surface area (Å²) in [5.41, 5.74) is 5.60. The van der Waals surface area contributed by atoms with Crippen LogP contribution in [0.1, 0.15) is 12.8 Å². The van der Waals surface area contributed by atoms with E-state index in [1.165, 1.54) is 0 Å². The minimum atomic E-state index is -0.915. The second-order valence-corrected chi connectivity index (χ2v) is 3.39. The van der Waals surface area contributed by atoms with Crippen LogP contribution in [0.25, 0.3) is 0 Å². The third kappa shape index (κ3) is 3.31. The van der Waals surface area contributed by atoms with Crippen LogP contribution in [-0.4, -0.2) is 42.2 Å². The summed E-state index contributed by atoms with van der Waals surface area (Å²) >= 11 is 0. The fourth-order valence-electron chi connectivity index (χ4n) is 1.38. The van der Waals surface area contributed by atoms with Crippen LogP contribution in [0.3, 0.4) is 0 Å². The Kier molecular flexibility index (Phi) is 3.84. The van der Waals surface area contributed by atoms with Gasteiger partial charge in [-0.3, -0.25) is 9.59 Å².